The molecule has 0 aliphatic carbocycles. The molecule has 0 saturated carbocycles. The highest BCUT2D eigenvalue weighted by Gasteiger charge is 2.36. The molecule has 2 aliphatic rings. The Morgan fingerprint density at radius 2 is 1.53 bits per heavy atom. The van der Waals surface area contributed by atoms with Gasteiger partial charge in [0, 0.05) is 11.6 Å². The highest BCUT2D eigenvalue weighted by atomic mass is 15.2. The molecule has 2 aliphatic heterocycles. The lowest BCUT2D eigenvalue weighted by atomic mass is 9.81. The molecule has 2 rings (SSSR count). The minimum atomic E-state index is 0.356. The van der Waals surface area contributed by atoms with Gasteiger partial charge in [0.2, 0.25) is 0 Å². The summed E-state index contributed by atoms with van der Waals surface area (Å²) in [6.07, 6.45) is 7.11. The van der Waals surface area contributed by atoms with Crippen molar-refractivity contribution in [3.63, 3.8) is 0 Å². The van der Waals surface area contributed by atoms with E-state index in [2.05, 4.69) is 37.6 Å². The molecule has 2 nitrogen and oxygen atoms in total. The average molecular weight is 238 g/mol. The van der Waals surface area contributed by atoms with Crippen LogP contribution in [0.5, 0.6) is 0 Å². The fourth-order valence-electron chi connectivity index (χ4n) is 3.69. The normalized spacial score (nSPS) is 30.7. The second-order valence-electron chi connectivity index (χ2n) is 7.07. The summed E-state index contributed by atoms with van der Waals surface area (Å²) in [6.45, 7) is 11.1. The Morgan fingerprint density at radius 3 is 2.12 bits per heavy atom. The number of nitrogens with zero attached hydrogens (tertiary/aromatic N) is 2. The summed E-state index contributed by atoms with van der Waals surface area (Å²) < 4.78 is 0. The zero-order valence-electron chi connectivity index (χ0n) is 12.2. The molecule has 0 aromatic carbocycles. The van der Waals surface area contributed by atoms with Crippen molar-refractivity contribution in [1.82, 2.24) is 9.80 Å². The molecule has 2 fully saturated rings. The predicted molar refractivity (Wildman–Crippen MR) is 74.3 cm³/mol. The molecular formula is C15H30N2. The molecule has 0 radical (unpaired) electrons. The fourth-order valence-corrected chi connectivity index (χ4v) is 3.69. The summed E-state index contributed by atoms with van der Waals surface area (Å²) in [6, 6.07) is 0.859. The lowest BCUT2D eigenvalue weighted by Gasteiger charge is -2.49. The van der Waals surface area contributed by atoms with Crippen molar-refractivity contribution in [3.05, 3.63) is 0 Å². The maximum absolute atomic E-state index is 2.80. The summed E-state index contributed by atoms with van der Waals surface area (Å²) in [7, 11) is 2.26. The smallest absolute Gasteiger partial charge is 0.0130 e. The van der Waals surface area contributed by atoms with Gasteiger partial charge in [0.15, 0.2) is 0 Å². The van der Waals surface area contributed by atoms with Crippen molar-refractivity contribution in [1.29, 1.82) is 0 Å². The van der Waals surface area contributed by atoms with Crippen LogP contribution in [0.4, 0.5) is 0 Å². The third-order valence-corrected chi connectivity index (χ3v) is 4.72. The molecule has 0 N–H and O–H groups in total. The van der Waals surface area contributed by atoms with Gasteiger partial charge in [-0.25, -0.2) is 0 Å². The first-order valence-electron chi connectivity index (χ1n) is 7.44. The number of piperidine rings is 2. The summed E-state index contributed by atoms with van der Waals surface area (Å²) in [5.74, 6) is 0.950. The molecule has 0 aromatic rings. The van der Waals surface area contributed by atoms with Crippen LogP contribution in [0.2, 0.25) is 0 Å². The van der Waals surface area contributed by atoms with Crippen LogP contribution in [0, 0.1) is 5.92 Å². The van der Waals surface area contributed by atoms with Crippen molar-refractivity contribution in [2.75, 3.05) is 26.7 Å². The van der Waals surface area contributed by atoms with Crippen LogP contribution < -0.4 is 0 Å². The fraction of sp³-hybridized carbons (Fsp3) is 1.00. The molecule has 2 saturated heterocycles. The molecular weight excluding hydrogens is 208 g/mol. The summed E-state index contributed by atoms with van der Waals surface area (Å²) in [5.41, 5.74) is 0.356. The van der Waals surface area contributed by atoms with Gasteiger partial charge in [-0.15, -0.1) is 0 Å². The molecule has 0 spiro atoms. The standard InChI is InChI=1S/C15H30N2/c1-15(2,3)17-10-6-5-7-14(17)13-8-11-16(4)12-9-13/h13-14H,5-12H2,1-4H3. The van der Waals surface area contributed by atoms with Crippen molar-refractivity contribution in [2.45, 2.75) is 64.5 Å². The molecule has 0 bridgehead atoms. The van der Waals surface area contributed by atoms with Gasteiger partial charge in [-0.2, -0.15) is 0 Å². The SMILES string of the molecule is CN1CCC(C2CCCCN2C(C)(C)C)CC1. The third-order valence-electron chi connectivity index (χ3n) is 4.72. The highest BCUT2D eigenvalue weighted by Crippen LogP contribution is 2.34. The lowest BCUT2D eigenvalue weighted by Crippen LogP contribution is -2.54. The van der Waals surface area contributed by atoms with Crippen LogP contribution in [0.3, 0.4) is 0 Å². The summed E-state index contributed by atoms with van der Waals surface area (Å²) in [4.78, 5) is 5.28. The van der Waals surface area contributed by atoms with Gasteiger partial charge in [-0.3, -0.25) is 4.90 Å². The van der Waals surface area contributed by atoms with E-state index in [1.54, 1.807) is 0 Å². The minimum absolute atomic E-state index is 0.356. The topological polar surface area (TPSA) is 6.48 Å². The van der Waals surface area contributed by atoms with E-state index in [1.807, 2.05) is 0 Å². The first-order valence-corrected chi connectivity index (χ1v) is 7.44. The molecule has 17 heavy (non-hydrogen) atoms. The third kappa shape index (κ3) is 3.23. The summed E-state index contributed by atoms with van der Waals surface area (Å²) >= 11 is 0. The number of likely N-dealkylation sites (tertiary alicyclic amines) is 2. The zero-order valence-corrected chi connectivity index (χ0v) is 12.2. The zero-order chi connectivity index (χ0) is 12.5. The Morgan fingerprint density at radius 1 is 0.882 bits per heavy atom. The van der Waals surface area contributed by atoms with Crippen LogP contribution >= 0.6 is 0 Å². The van der Waals surface area contributed by atoms with Gasteiger partial charge in [-0.05, 0) is 79.1 Å². The molecule has 2 heterocycles. The van der Waals surface area contributed by atoms with E-state index in [0.717, 1.165) is 12.0 Å². The number of hydrogen-bond donors (Lipinski definition) is 0. The van der Waals surface area contributed by atoms with Gasteiger partial charge in [0.1, 0.15) is 0 Å². The van der Waals surface area contributed by atoms with E-state index in [4.69, 9.17) is 0 Å². The van der Waals surface area contributed by atoms with E-state index >= 15 is 0 Å². The first kappa shape index (κ1) is 13.4. The first-order chi connectivity index (χ1) is 7.98. The Hall–Kier alpha value is -0.0800. The quantitative estimate of drug-likeness (QED) is 0.693. The molecule has 0 amide bonds. The molecule has 1 unspecified atom stereocenters. The maximum Gasteiger partial charge on any atom is 0.0130 e. The molecule has 100 valence electrons. The van der Waals surface area contributed by atoms with Crippen molar-refractivity contribution in [2.24, 2.45) is 5.92 Å². The predicted octanol–water partition coefficient (Wildman–Crippen LogP) is 2.98. The van der Waals surface area contributed by atoms with Gasteiger partial charge in [0.25, 0.3) is 0 Å². The second kappa shape index (κ2) is 5.27. The second-order valence-corrected chi connectivity index (χ2v) is 7.07. The summed E-state index contributed by atoms with van der Waals surface area (Å²) in [5, 5.41) is 0. The average Bonchev–Trinajstić information content (AvgIpc) is 2.29. The van der Waals surface area contributed by atoms with E-state index in [9.17, 15) is 0 Å². The van der Waals surface area contributed by atoms with Gasteiger partial charge in [-0.1, -0.05) is 6.42 Å². The van der Waals surface area contributed by atoms with Gasteiger partial charge >= 0.3 is 0 Å². The van der Waals surface area contributed by atoms with Crippen LogP contribution in [0.1, 0.15) is 52.9 Å². The Balaban J connectivity index is 2.01. The van der Waals surface area contributed by atoms with E-state index in [0.29, 0.717) is 5.54 Å². The van der Waals surface area contributed by atoms with Gasteiger partial charge in [0.05, 0.1) is 0 Å². The number of rotatable bonds is 1. The van der Waals surface area contributed by atoms with E-state index in [-0.39, 0.29) is 0 Å². The van der Waals surface area contributed by atoms with Crippen molar-refractivity contribution >= 4 is 0 Å². The van der Waals surface area contributed by atoms with Gasteiger partial charge < -0.3 is 4.90 Å². The van der Waals surface area contributed by atoms with E-state index in [1.165, 1.54) is 51.7 Å². The minimum Gasteiger partial charge on any atom is -0.306 e. The van der Waals surface area contributed by atoms with Crippen LogP contribution in [0.15, 0.2) is 0 Å². The Labute approximate surface area is 107 Å². The maximum atomic E-state index is 2.80. The lowest BCUT2D eigenvalue weighted by molar-refractivity contribution is 0.00372. The highest BCUT2D eigenvalue weighted by molar-refractivity contribution is 4.91. The largest absolute Gasteiger partial charge is 0.306 e. The molecule has 0 aromatic heterocycles. The Bertz CT molecular complexity index is 236. The number of hydrogen-bond acceptors (Lipinski definition) is 2. The Kier molecular flexibility index (Phi) is 4.14. The van der Waals surface area contributed by atoms with Crippen LogP contribution in [-0.4, -0.2) is 48.1 Å². The monoisotopic (exact) mass is 238 g/mol. The van der Waals surface area contributed by atoms with Crippen molar-refractivity contribution in [3.8, 4) is 0 Å². The van der Waals surface area contributed by atoms with Crippen molar-refractivity contribution < 1.29 is 0 Å². The van der Waals surface area contributed by atoms with Crippen LogP contribution in [-0.2, 0) is 0 Å². The molecule has 1 atom stereocenters. The molecule has 2 heteroatoms. The van der Waals surface area contributed by atoms with Crippen LogP contribution in [0.25, 0.3) is 0 Å². The van der Waals surface area contributed by atoms with E-state index < -0.39 is 0 Å².